The molecule has 0 bridgehead atoms. The van der Waals surface area contributed by atoms with Gasteiger partial charge in [0.15, 0.2) is 0 Å². The number of hydrogen-bond acceptors (Lipinski definition) is 6. The van der Waals surface area contributed by atoms with E-state index in [-0.39, 0.29) is 36.5 Å². The van der Waals surface area contributed by atoms with Crippen LogP contribution in [0.1, 0.15) is 56.9 Å². The van der Waals surface area contributed by atoms with Gasteiger partial charge in [0.05, 0.1) is 37.1 Å². The van der Waals surface area contributed by atoms with E-state index in [4.69, 9.17) is 18.9 Å². The number of aliphatic hydroxyl groups excluding tert-OH is 1. The van der Waals surface area contributed by atoms with Crippen LogP contribution in [0.5, 0.6) is 0 Å². The summed E-state index contributed by atoms with van der Waals surface area (Å²) in [6.45, 7) is 1.24. The number of aliphatic hydroxyl groups is 1. The molecule has 1 aromatic rings. The molecule has 0 spiro atoms. The summed E-state index contributed by atoms with van der Waals surface area (Å²) in [4.78, 5) is 11.3. The Morgan fingerprint density at radius 2 is 1.69 bits per heavy atom. The molecule has 3 aliphatic rings. The minimum absolute atomic E-state index is 0.000729. The van der Waals surface area contributed by atoms with Crippen molar-refractivity contribution < 1.29 is 28.8 Å². The highest BCUT2D eigenvalue weighted by atomic mass is 16.6. The van der Waals surface area contributed by atoms with Gasteiger partial charge in [0.2, 0.25) is 0 Å². The third kappa shape index (κ3) is 5.57. The second kappa shape index (κ2) is 10.0. The van der Waals surface area contributed by atoms with E-state index in [2.05, 4.69) is 0 Å². The first-order chi connectivity index (χ1) is 14.2. The lowest BCUT2D eigenvalue weighted by atomic mass is 10.0. The quantitative estimate of drug-likeness (QED) is 0.503. The average Bonchev–Trinajstić information content (AvgIpc) is 3.48. The van der Waals surface area contributed by atoms with Crippen LogP contribution in [0.15, 0.2) is 30.3 Å². The van der Waals surface area contributed by atoms with E-state index in [1.54, 1.807) is 0 Å². The maximum absolute atomic E-state index is 11.3. The highest BCUT2D eigenvalue weighted by Crippen LogP contribution is 2.36. The van der Waals surface area contributed by atoms with E-state index >= 15 is 0 Å². The van der Waals surface area contributed by atoms with Crippen LogP contribution in [-0.4, -0.2) is 54.3 Å². The zero-order chi connectivity index (χ0) is 20.1. The van der Waals surface area contributed by atoms with Gasteiger partial charge < -0.3 is 24.1 Å². The average molecular weight is 405 g/mol. The molecular formula is C23H32O6. The topological polar surface area (TPSA) is 74.2 Å². The van der Waals surface area contributed by atoms with Gasteiger partial charge in [0.1, 0.15) is 6.10 Å². The molecule has 1 aromatic carbocycles. The fraction of sp³-hybridized carbons (Fsp3) is 0.696. The first kappa shape index (κ1) is 20.8. The number of carbonyl (C=O) groups is 1. The van der Waals surface area contributed by atoms with Crippen molar-refractivity contribution in [2.24, 2.45) is 0 Å². The van der Waals surface area contributed by atoms with Gasteiger partial charge in [0.25, 0.3) is 0 Å². The van der Waals surface area contributed by atoms with Crippen LogP contribution in [0, 0.1) is 0 Å². The Morgan fingerprint density at radius 1 is 0.966 bits per heavy atom. The fourth-order valence-electron chi connectivity index (χ4n) is 4.64. The van der Waals surface area contributed by atoms with E-state index in [1.165, 1.54) is 0 Å². The van der Waals surface area contributed by atoms with E-state index < -0.39 is 6.10 Å². The van der Waals surface area contributed by atoms with Gasteiger partial charge in [-0.1, -0.05) is 30.3 Å². The zero-order valence-corrected chi connectivity index (χ0v) is 16.9. The van der Waals surface area contributed by atoms with Gasteiger partial charge >= 0.3 is 5.97 Å². The van der Waals surface area contributed by atoms with Crippen molar-refractivity contribution >= 4 is 5.97 Å². The van der Waals surface area contributed by atoms with Crippen molar-refractivity contribution in [3.05, 3.63) is 35.9 Å². The Labute approximate surface area is 172 Å². The van der Waals surface area contributed by atoms with Crippen molar-refractivity contribution in [1.82, 2.24) is 0 Å². The van der Waals surface area contributed by atoms with Crippen LogP contribution < -0.4 is 0 Å². The number of rotatable bonds is 9. The molecular weight excluding hydrogens is 372 g/mol. The molecule has 0 aromatic heterocycles. The molecule has 160 valence electrons. The minimum Gasteiger partial charge on any atom is -0.460 e. The number of hydrogen-bond donors (Lipinski definition) is 1. The predicted molar refractivity (Wildman–Crippen MR) is 106 cm³/mol. The molecule has 3 heterocycles. The second-order valence-corrected chi connectivity index (χ2v) is 8.40. The first-order valence-electron chi connectivity index (χ1n) is 11.0. The second-order valence-electron chi connectivity index (χ2n) is 8.40. The number of carbonyl (C=O) groups excluding carboxylic acids is 1. The molecule has 1 N–H and O–H groups in total. The number of cyclic esters (lactones) is 1. The van der Waals surface area contributed by atoms with Crippen molar-refractivity contribution in [3.8, 4) is 0 Å². The molecule has 3 saturated heterocycles. The Hall–Kier alpha value is -1.47. The SMILES string of the molecule is O=C1CC[C@@H]([C@H]2CC[C@@H]([C@@H]3CC[C@H]([C@H](O)CCCOCc4ccccc4)O3)O2)O1. The van der Waals surface area contributed by atoms with Crippen LogP contribution in [0.4, 0.5) is 0 Å². The Kier molecular flexibility index (Phi) is 7.19. The summed E-state index contributed by atoms with van der Waals surface area (Å²) in [6.07, 6.45) is 5.76. The van der Waals surface area contributed by atoms with Crippen LogP contribution >= 0.6 is 0 Å². The molecule has 3 fully saturated rings. The fourth-order valence-corrected chi connectivity index (χ4v) is 4.64. The van der Waals surface area contributed by atoms with Crippen LogP contribution in [0.2, 0.25) is 0 Å². The lowest BCUT2D eigenvalue weighted by Crippen LogP contribution is -2.33. The van der Waals surface area contributed by atoms with E-state index in [0.29, 0.717) is 26.1 Å². The molecule has 0 saturated carbocycles. The van der Waals surface area contributed by atoms with E-state index in [1.807, 2.05) is 30.3 Å². The Balaban J connectivity index is 1.12. The summed E-state index contributed by atoms with van der Waals surface area (Å²) in [5.74, 6) is -0.116. The first-order valence-corrected chi connectivity index (χ1v) is 11.0. The number of ether oxygens (including phenoxy) is 4. The maximum Gasteiger partial charge on any atom is 0.306 e. The van der Waals surface area contributed by atoms with Gasteiger partial charge in [-0.2, -0.15) is 0 Å². The highest BCUT2D eigenvalue weighted by molar-refractivity contribution is 5.71. The monoisotopic (exact) mass is 404 g/mol. The summed E-state index contributed by atoms with van der Waals surface area (Å²) in [5.41, 5.74) is 1.16. The highest BCUT2D eigenvalue weighted by Gasteiger charge is 2.43. The third-order valence-electron chi connectivity index (χ3n) is 6.24. The Morgan fingerprint density at radius 3 is 2.45 bits per heavy atom. The summed E-state index contributed by atoms with van der Waals surface area (Å²) in [7, 11) is 0. The molecule has 3 aliphatic heterocycles. The van der Waals surface area contributed by atoms with Gasteiger partial charge in [-0.25, -0.2) is 0 Å². The molecule has 6 atom stereocenters. The summed E-state index contributed by atoms with van der Waals surface area (Å²) >= 11 is 0. The molecule has 0 radical (unpaired) electrons. The largest absolute Gasteiger partial charge is 0.460 e. The van der Waals surface area contributed by atoms with Crippen molar-refractivity contribution in [3.63, 3.8) is 0 Å². The molecule has 0 amide bonds. The molecule has 29 heavy (non-hydrogen) atoms. The molecule has 0 aliphatic carbocycles. The van der Waals surface area contributed by atoms with Crippen LogP contribution in [0.3, 0.4) is 0 Å². The molecule has 6 heteroatoms. The van der Waals surface area contributed by atoms with Gasteiger partial charge in [-0.05, 0) is 50.5 Å². The Bertz CT molecular complexity index is 650. The van der Waals surface area contributed by atoms with Gasteiger partial charge in [-0.15, -0.1) is 0 Å². The molecule has 0 unspecified atom stereocenters. The van der Waals surface area contributed by atoms with Gasteiger partial charge in [0, 0.05) is 13.0 Å². The lowest BCUT2D eigenvalue weighted by molar-refractivity contribution is -0.149. The van der Waals surface area contributed by atoms with E-state index in [0.717, 1.165) is 44.1 Å². The normalized spacial score (nSPS) is 33.1. The van der Waals surface area contributed by atoms with Crippen molar-refractivity contribution in [1.29, 1.82) is 0 Å². The lowest BCUT2D eigenvalue weighted by Gasteiger charge is -2.24. The predicted octanol–water partition coefficient (Wildman–Crippen LogP) is 3.15. The summed E-state index contributed by atoms with van der Waals surface area (Å²) < 4.78 is 23.3. The number of esters is 1. The van der Waals surface area contributed by atoms with Gasteiger partial charge in [-0.3, -0.25) is 4.79 Å². The smallest absolute Gasteiger partial charge is 0.306 e. The van der Waals surface area contributed by atoms with Crippen LogP contribution in [-0.2, 0) is 30.3 Å². The van der Waals surface area contributed by atoms with Crippen molar-refractivity contribution in [2.45, 2.75) is 94.6 Å². The maximum atomic E-state index is 11.3. The third-order valence-corrected chi connectivity index (χ3v) is 6.24. The summed E-state index contributed by atoms with van der Waals surface area (Å²) in [6, 6.07) is 10.1. The van der Waals surface area contributed by atoms with E-state index in [9.17, 15) is 9.90 Å². The van der Waals surface area contributed by atoms with Crippen molar-refractivity contribution in [2.75, 3.05) is 6.61 Å². The standard InChI is InChI=1S/C23H32O6/c24-17(7-4-14-26-15-16-5-2-1-3-6-16)18-8-9-19(27-18)20-10-11-21(28-20)22-12-13-23(25)29-22/h1-3,5-6,17-22,24H,4,7-15H2/t17-,18-,19+,20+,21-,22+/m1/s1. The number of benzene rings is 1. The molecule has 4 rings (SSSR count). The zero-order valence-electron chi connectivity index (χ0n) is 16.9. The molecule has 6 nitrogen and oxygen atoms in total. The minimum atomic E-state index is -0.465. The summed E-state index contributed by atoms with van der Waals surface area (Å²) in [5, 5.41) is 10.5. The van der Waals surface area contributed by atoms with Crippen LogP contribution in [0.25, 0.3) is 0 Å².